The van der Waals surface area contributed by atoms with Crippen LogP contribution in [0.5, 0.6) is 0 Å². The minimum atomic E-state index is -6.52. The van der Waals surface area contributed by atoms with E-state index in [-0.39, 0.29) is 30.0 Å². The zero-order valence-electron chi connectivity index (χ0n) is 19.7. The number of aromatic nitrogens is 2. The molecule has 16 heteroatoms. The average molecular weight is 583 g/mol. The summed E-state index contributed by atoms with van der Waals surface area (Å²) in [6, 6.07) is 8.58. The first-order valence-corrected chi connectivity index (χ1v) is 15.3. The fraction of sp³-hybridized carbons (Fsp3) is 0.550. The maximum absolute atomic E-state index is 13.8. The first kappa shape index (κ1) is 30.4. The molecule has 0 bridgehead atoms. The average Bonchev–Trinajstić information content (AvgIpc) is 3.06. The van der Waals surface area contributed by atoms with Crippen molar-refractivity contribution >= 4 is 32.1 Å². The lowest BCUT2D eigenvalue weighted by Gasteiger charge is -2.32. The Labute approximate surface area is 205 Å². The summed E-state index contributed by atoms with van der Waals surface area (Å²) in [7, 11) is -15.3. The van der Waals surface area contributed by atoms with Crippen LogP contribution in [0.3, 0.4) is 0 Å². The highest BCUT2D eigenvalue weighted by atomic mass is 32.2. The van der Waals surface area contributed by atoms with Gasteiger partial charge >= 0.3 is 11.0 Å². The summed E-state index contributed by atoms with van der Waals surface area (Å²) >= 11 is 0. The molecule has 1 unspecified atom stereocenters. The molecule has 0 saturated heterocycles. The number of sulfone groups is 2. The van der Waals surface area contributed by atoms with Crippen LogP contribution < -0.4 is 5.30 Å². The molecule has 2 aromatic rings. The Kier molecular flexibility index (Phi) is 8.26. The smallest absolute Gasteiger partial charge is 0.321 e. The summed E-state index contributed by atoms with van der Waals surface area (Å²) in [6.45, 7) is 5.34. The largest absolute Gasteiger partial charge is 0.503 e. The van der Waals surface area contributed by atoms with E-state index in [2.05, 4.69) is 4.98 Å². The lowest BCUT2D eigenvalue weighted by Crippen LogP contribution is -2.30. The van der Waals surface area contributed by atoms with Crippen LogP contribution in [-0.2, 0) is 37.7 Å². The summed E-state index contributed by atoms with van der Waals surface area (Å²) < 4.78 is 140. The summed E-state index contributed by atoms with van der Waals surface area (Å²) in [5, 5.41) is -4.38. The van der Waals surface area contributed by atoms with E-state index < -0.39 is 58.9 Å². The summed E-state index contributed by atoms with van der Waals surface area (Å²) in [5.41, 5.74) is -12.1. The van der Waals surface area contributed by atoms with Gasteiger partial charge in [0.25, 0.3) is 19.7 Å². The van der Waals surface area contributed by atoms with E-state index in [0.29, 0.717) is 12.4 Å². The number of halogens is 6. The fourth-order valence-electron chi connectivity index (χ4n) is 3.55. The highest BCUT2D eigenvalue weighted by molar-refractivity contribution is 7.95. The third kappa shape index (κ3) is 5.52. The fourth-order valence-corrected chi connectivity index (χ4v) is 9.01. The molecular formula is C20H25F6N2O5PS2. The molecule has 0 aliphatic carbocycles. The Morgan fingerprint density at radius 3 is 1.81 bits per heavy atom. The van der Waals surface area contributed by atoms with E-state index in [0.717, 1.165) is 0 Å². The zero-order chi connectivity index (χ0) is 28.0. The quantitative estimate of drug-likeness (QED) is 0.251. The molecule has 1 aromatic carbocycles. The molecule has 2 rings (SSSR count). The van der Waals surface area contributed by atoms with Crippen LogP contribution in [0.25, 0.3) is 0 Å². The Hall–Kier alpha value is -1.86. The second kappa shape index (κ2) is 9.79. The van der Waals surface area contributed by atoms with E-state index in [1.54, 1.807) is 51.1 Å². The summed E-state index contributed by atoms with van der Waals surface area (Å²) in [5.74, 6) is -0.606. The van der Waals surface area contributed by atoms with Gasteiger partial charge in [0.15, 0.2) is 5.03 Å². The first-order chi connectivity index (χ1) is 16.1. The molecule has 0 fully saturated rings. The number of rotatable bonds is 8. The van der Waals surface area contributed by atoms with Gasteiger partial charge in [0.1, 0.15) is 13.0 Å². The maximum Gasteiger partial charge on any atom is 0.503 e. The SMILES string of the molecule is Cn1c(CCCCP(=O)(c2ccccc2)C(C)(C)C)nc(S(=O)(=O)C(F)(F)F)c1S(=O)(=O)C(F)(F)F. The van der Waals surface area contributed by atoms with Crippen molar-refractivity contribution in [1.82, 2.24) is 9.55 Å². The zero-order valence-corrected chi connectivity index (χ0v) is 22.2. The van der Waals surface area contributed by atoms with E-state index in [9.17, 15) is 47.7 Å². The van der Waals surface area contributed by atoms with Crippen LogP contribution in [0.1, 0.15) is 39.4 Å². The molecule has 7 nitrogen and oxygen atoms in total. The Morgan fingerprint density at radius 1 is 0.861 bits per heavy atom. The van der Waals surface area contributed by atoms with Gasteiger partial charge in [-0.25, -0.2) is 21.8 Å². The number of aryl methyl sites for hydroxylation is 1. The second-order valence-electron chi connectivity index (χ2n) is 9.02. The van der Waals surface area contributed by atoms with Gasteiger partial charge in [0.05, 0.1) is 0 Å². The van der Waals surface area contributed by atoms with Crippen molar-refractivity contribution in [3.05, 3.63) is 36.2 Å². The third-order valence-electron chi connectivity index (χ3n) is 5.60. The highest BCUT2D eigenvalue weighted by Gasteiger charge is 2.57. The van der Waals surface area contributed by atoms with E-state index in [1.165, 1.54) is 0 Å². The molecule has 36 heavy (non-hydrogen) atoms. The topological polar surface area (TPSA) is 103 Å². The number of alkyl halides is 6. The van der Waals surface area contributed by atoms with Gasteiger partial charge in [0, 0.05) is 30.1 Å². The molecular weight excluding hydrogens is 557 g/mol. The van der Waals surface area contributed by atoms with Gasteiger partial charge < -0.3 is 9.13 Å². The van der Waals surface area contributed by atoms with E-state index >= 15 is 0 Å². The number of benzene rings is 1. The van der Waals surface area contributed by atoms with Gasteiger partial charge in [-0.15, -0.1) is 0 Å². The summed E-state index contributed by atoms with van der Waals surface area (Å²) in [4.78, 5) is 3.18. The van der Waals surface area contributed by atoms with E-state index in [1.807, 2.05) is 0 Å². The molecule has 0 aliphatic heterocycles. The molecule has 204 valence electrons. The normalized spacial score (nSPS) is 15.6. The first-order valence-electron chi connectivity index (χ1n) is 10.4. The number of hydrogen-bond donors (Lipinski definition) is 0. The Balaban J connectivity index is 2.44. The van der Waals surface area contributed by atoms with Crippen molar-refractivity contribution in [1.29, 1.82) is 0 Å². The van der Waals surface area contributed by atoms with Crippen molar-refractivity contribution in [3.8, 4) is 0 Å². The summed E-state index contributed by atoms with van der Waals surface area (Å²) in [6.07, 6.45) is 0.0172. The number of unbranched alkanes of at least 4 members (excludes halogenated alkanes) is 1. The maximum atomic E-state index is 13.8. The van der Waals surface area contributed by atoms with Gasteiger partial charge in [-0.05, 0) is 12.8 Å². The van der Waals surface area contributed by atoms with Crippen molar-refractivity contribution in [2.45, 2.75) is 66.3 Å². The lowest BCUT2D eigenvalue weighted by molar-refractivity contribution is -0.0460. The minimum Gasteiger partial charge on any atom is -0.321 e. The molecule has 0 spiro atoms. The van der Waals surface area contributed by atoms with Gasteiger partial charge in [-0.1, -0.05) is 51.1 Å². The molecule has 1 atom stereocenters. The predicted molar refractivity (Wildman–Crippen MR) is 121 cm³/mol. The molecule has 1 heterocycles. The van der Waals surface area contributed by atoms with Crippen LogP contribution in [0, 0.1) is 0 Å². The van der Waals surface area contributed by atoms with Gasteiger partial charge in [-0.3, -0.25) is 0 Å². The molecule has 0 amide bonds. The van der Waals surface area contributed by atoms with Crippen molar-refractivity contribution < 1.29 is 47.7 Å². The minimum absolute atomic E-state index is 0.0365. The molecule has 0 N–H and O–H groups in total. The number of hydrogen-bond acceptors (Lipinski definition) is 6. The monoisotopic (exact) mass is 582 g/mol. The molecule has 0 aliphatic rings. The van der Waals surface area contributed by atoms with Crippen LogP contribution in [-0.4, -0.2) is 48.7 Å². The van der Waals surface area contributed by atoms with Crippen molar-refractivity contribution in [2.24, 2.45) is 7.05 Å². The standard InChI is InChI=1S/C20H25F6N2O5PS2/c1-18(2,3)34(29,14-10-6-5-7-11-14)13-9-8-12-15-27-16(35(30,31)19(21,22)23)17(28(15)4)36(32,33)20(24,25)26/h5-7,10-11H,8-9,12-13H2,1-4H3. The molecule has 0 radical (unpaired) electrons. The molecule has 0 saturated carbocycles. The van der Waals surface area contributed by atoms with Crippen LogP contribution >= 0.6 is 7.14 Å². The van der Waals surface area contributed by atoms with Crippen molar-refractivity contribution in [2.75, 3.05) is 6.16 Å². The van der Waals surface area contributed by atoms with Crippen LogP contribution in [0.4, 0.5) is 26.3 Å². The van der Waals surface area contributed by atoms with Gasteiger partial charge in [-0.2, -0.15) is 26.3 Å². The Bertz CT molecular complexity index is 1360. The second-order valence-corrected chi connectivity index (χ2v) is 16.5. The Morgan fingerprint density at radius 2 is 1.36 bits per heavy atom. The predicted octanol–water partition coefficient (Wildman–Crippen LogP) is 4.82. The van der Waals surface area contributed by atoms with E-state index in [4.69, 9.17) is 0 Å². The highest BCUT2D eigenvalue weighted by Crippen LogP contribution is 2.57. The van der Waals surface area contributed by atoms with Gasteiger partial charge in [0.2, 0.25) is 5.03 Å². The van der Waals surface area contributed by atoms with Crippen molar-refractivity contribution in [3.63, 3.8) is 0 Å². The number of imidazole rings is 1. The molecule has 1 aromatic heterocycles. The van der Waals surface area contributed by atoms with Crippen LogP contribution in [0.2, 0.25) is 0 Å². The lowest BCUT2D eigenvalue weighted by atomic mass is 10.2. The van der Waals surface area contributed by atoms with Crippen LogP contribution in [0.15, 0.2) is 40.4 Å². The number of nitrogens with zero attached hydrogens (tertiary/aromatic N) is 2. The third-order valence-corrected chi connectivity index (χ3v) is 13.0.